The molecule has 0 aliphatic rings. The largest absolute Gasteiger partial charge is 0.465 e. The molecule has 8 nitrogen and oxygen atoms in total. The third kappa shape index (κ3) is 5.01. The summed E-state index contributed by atoms with van der Waals surface area (Å²) in [6.45, 7) is 1.90. The molecule has 0 saturated carbocycles. The molecule has 0 spiro atoms. The van der Waals surface area contributed by atoms with Crippen molar-refractivity contribution in [1.82, 2.24) is 4.90 Å². The summed E-state index contributed by atoms with van der Waals surface area (Å²) in [5.41, 5.74) is 2.39. The second kappa shape index (κ2) is 9.66. The maximum atomic E-state index is 12.6. The second-order valence-corrected chi connectivity index (χ2v) is 7.90. The van der Waals surface area contributed by atoms with Gasteiger partial charge in [-0.3, -0.25) is 9.59 Å². The number of likely N-dealkylation sites (N-methyl/N-ethyl adjacent to an activating group) is 1. The van der Waals surface area contributed by atoms with Crippen LogP contribution in [0.25, 0.3) is 11.0 Å². The van der Waals surface area contributed by atoms with Gasteiger partial charge in [0.15, 0.2) is 5.76 Å². The van der Waals surface area contributed by atoms with Crippen molar-refractivity contribution in [2.24, 2.45) is 0 Å². The number of furan rings is 2. The SMILES string of the molecule is COC(=O)c1cc(CN(C)C(=O)Cc2ccc(NC(=O)c3cc4ccccc4o3)cc2)oc1C. The Morgan fingerprint density at radius 3 is 2.44 bits per heavy atom. The predicted molar refractivity (Wildman–Crippen MR) is 126 cm³/mol. The van der Waals surface area contributed by atoms with Gasteiger partial charge in [-0.15, -0.1) is 0 Å². The van der Waals surface area contributed by atoms with E-state index in [0.717, 1.165) is 10.9 Å². The number of fused-ring (bicyclic) bond motifs is 1. The number of ether oxygens (including phenoxy) is 1. The zero-order chi connectivity index (χ0) is 24.2. The highest BCUT2D eigenvalue weighted by Gasteiger charge is 2.18. The first-order valence-electron chi connectivity index (χ1n) is 10.6. The Bertz CT molecular complexity index is 1320. The molecule has 0 aliphatic heterocycles. The van der Waals surface area contributed by atoms with E-state index >= 15 is 0 Å². The number of nitrogens with one attached hydrogen (secondary N) is 1. The van der Waals surface area contributed by atoms with Crippen molar-refractivity contribution in [3.05, 3.63) is 89.1 Å². The minimum atomic E-state index is -0.478. The fraction of sp³-hybridized carbons (Fsp3) is 0.192. The summed E-state index contributed by atoms with van der Waals surface area (Å²) in [6, 6.07) is 17.7. The van der Waals surface area contributed by atoms with Gasteiger partial charge in [-0.1, -0.05) is 30.3 Å². The molecule has 0 bridgehead atoms. The summed E-state index contributed by atoms with van der Waals surface area (Å²) in [7, 11) is 2.97. The number of benzene rings is 2. The highest BCUT2D eigenvalue weighted by Crippen LogP contribution is 2.21. The number of carbonyl (C=O) groups excluding carboxylic acids is 3. The van der Waals surface area contributed by atoms with E-state index in [4.69, 9.17) is 13.6 Å². The van der Waals surface area contributed by atoms with E-state index in [-0.39, 0.29) is 30.5 Å². The number of anilines is 1. The van der Waals surface area contributed by atoms with Crippen LogP contribution < -0.4 is 5.32 Å². The van der Waals surface area contributed by atoms with Crippen LogP contribution in [0.5, 0.6) is 0 Å². The van der Waals surface area contributed by atoms with E-state index in [1.165, 1.54) is 12.0 Å². The number of esters is 1. The molecule has 1 N–H and O–H groups in total. The highest BCUT2D eigenvalue weighted by molar-refractivity contribution is 6.04. The number of hydrogen-bond acceptors (Lipinski definition) is 6. The van der Waals surface area contributed by atoms with Crippen LogP contribution in [0, 0.1) is 6.92 Å². The second-order valence-electron chi connectivity index (χ2n) is 7.90. The topological polar surface area (TPSA) is 102 Å². The van der Waals surface area contributed by atoms with Gasteiger partial charge < -0.3 is 23.8 Å². The summed E-state index contributed by atoms with van der Waals surface area (Å²) < 4.78 is 15.9. The molecular weight excluding hydrogens is 436 g/mol. The molecule has 0 unspecified atom stereocenters. The third-order valence-electron chi connectivity index (χ3n) is 5.41. The third-order valence-corrected chi connectivity index (χ3v) is 5.41. The number of nitrogens with zero attached hydrogens (tertiary/aromatic N) is 1. The molecule has 4 aromatic rings. The zero-order valence-corrected chi connectivity index (χ0v) is 19.1. The number of aryl methyl sites for hydroxylation is 1. The van der Waals surface area contributed by atoms with Gasteiger partial charge in [0, 0.05) is 18.1 Å². The van der Waals surface area contributed by atoms with E-state index in [1.54, 1.807) is 56.4 Å². The Balaban J connectivity index is 1.34. The lowest BCUT2D eigenvalue weighted by atomic mass is 10.1. The van der Waals surface area contributed by atoms with E-state index in [1.807, 2.05) is 18.2 Å². The monoisotopic (exact) mass is 460 g/mol. The van der Waals surface area contributed by atoms with Crippen LogP contribution in [0.15, 0.2) is 69.5 Å². The fourth-order valence-corrected chi connectivity index (χ4v) is 3.56. The molecule has 2 aromatic heterocycles. The molecule has 0 fully saturated rings. The van der Waals surface area contributed by atoms with Gasteiger partial charge in [0.25, 0.3) is 5.91 Å². The van der Waals surface area contributed by atoms with Crippen LogP contribution >= 0.6 is 0 Å². The average molecular weight is 460 g/mol. The molecule has 0 saturated heterocycles. The van der Waals surface area contributed by atoms with Gasteiger partial charge in [0.1, 0.15) is 22.7 Å². The highest BCUT2D eigenvalue weighted by atomic mass is 16.5. The Morgan fingerprint density at radius 2 is 1.74 bits per heavy atom. The Morgan fingerprint density at radius 1 is 1.00 bits per heavy atom. The zero-order valence-electron chi connectivity index (χ0n) is 19.1. The summed E-state index contributed by atoms with van der Waals surface area (Å²) in [6.07, 6.45) is 0.178. The van der Waals surface area contributed by atoms with Crippen LogP contribution in [0.4, 0.5) is 5.69 Å². The molecule has 0 aliphatic carbocycles. The molecule has 8 heteroatoms. The van der Waals surface area contributed by atoms with Gasteiger partial charge in [-0.2, -0.15) is 0 Å². The van der Waals surface area contributed by atoms with Crippen molar-refractivity contribution < 1.29 is 28.0 Å². The van der Waals surface area contributed by atoms with E-state index in [2.05, 4.69) is 5.32 Å². The number of rotatable bonds is 7. The molecule has 2 heterocycles. The minimum Gasteiger partial charge on any atom is -0.465 e. The van der Waals surface area contributed by atoms with Crippen molar-refractivity contribution in [2.45, 2.75) is 19.9 Å². The van der Waals surface area contributed by atoms with Crippen LogP contribution in [-0.2, 0) is 22.5 Å². The van der Waals surface area contributed by atoms with Gasteiger partial charge in [0.2, 0.25) is 5.91 Å². The Kier molecular flexibility index (Phi) is 6.49. The summed E-state index contributed by atoms with van der Waals surface area (Å²) in [4.78, 5) is 38.4. The summed E-state index contributed by atoms with van der Waals surface area (Å²) in [5, 5.41) is 3.66. The molecule has 2 amide bonds. The van der Waals surface area contributed by atoms with Crippen LogP contribution in [0.2, 0.25) is 0 Å². The van der Waals surface area contributed by atoms with Crippen LogP contribution in [-0.4, -0.2) is 36.8 Å². The van der Waals surface area contributed by atoms with Gasteiger partial charge >= 0.3 is 5.97 Å². The lowest BCUT2D eigenvalue weighted by Gasteiger charge is -2.16. The van der Waals surface area contributed by atoms with E-state index < -0.39 is 5.97 Å². The molecule has 0 atom stereocenters. The minimum absolute atomic E-state index is 0.118. The number of amides is 2. The molecule has 174 valence electrons. The first-order chi connectivity index (χ1) is 16.3. The van der Waals surface area contributed by atoms with E-state index in [9.17, 15) is 14.4 Å². The average Bonchev–Trinajstić information content (AvgIpc) is 3.43. The van der Waals surface area contributed by atoms with Crippen LogP contribution in [0.3, 0.4) is 0 Å². The predicted octanol–water partition coefficient (Wildman–Crippen LogP) is 4.57. The fourth-order valence-electron chi connectivity index (χ4n) is 3.56. The quantitative estimate of drug-likeness (QED) is 0.405. The van der Waals surface area contributed by atoms with Crippen molar-refractivity contribution in [3.63, 3.8) is 0 Å². The standard InChI is InChI=1S/C26H24N2O6/c1-16-21(26(31)32-3)14-20(33-16)15-28(2)24(29)12-17-8-10-19(11-9-17)27-25(30)23-13-18-6-4-5-7-22(18)34-23/h4-11,13-14H,12,15H2,1-3H3,(H,27,30). The summed E-state index contributed by atoms with van der Waals surface area (Å²) >= 11 is 0. The van der Waals surface area contributed by atoms with Crippen molar-refractivity contribution in [2.75, 3.05) is 19.5 Å². The smallest absolute Gasteiger partial charge is 0.341 e. The lowest BCUT2D eigenvalue weighted by molar-refractivity contribution is -0.129. The van der Waals surface area contributed by atoms with Crippen molar-refractivity contribution in [1.29, 1.82) is 0 Å². The van der Waals surface area contributed by atoms with Crippen LogP contribution in [0.1, 0.15) is 38.0 Å². The molecule has 4 rings (SSSR count). The molecule has 2 aromatic carbocycles. The van der Waals surface area contributed by atoms with Crippen molar-refractivity contribution in [3.8, 4) is 0 Å². The maximum absolute atomic E-state index is 12.6. The van der Waals surface area contributed by atoms with Gasteiger partial charge in [-0.25, -0.2) is 4.79 Å². The Hall–Kier alpha value is -4.33. The number of para-hydroxylation sites is 1. The number of methoxy groups -OCH3 is 1. The van der Waals surface area contributed by atoms with Gasteiger partial charge in [0.05, 0.1) is 20.1 Å². The number of carbonyl (C=O) groups is 3. The first-order valence-corrected chi connectivity index (χ1v) is 10.6. The first kappa shape index (κ1) is 22.8. The molecular formula is C26H24N2O6. The van der Waals surface area contributed by atoms with E-state index in [0.29, 0.717) is 28.4 Å². The normalized spacial score (nSPS) is 10.8. The molecule has 34 heavy (non-hydrogen) atoms. The molecule has 0 radical (unpaired) electrons. The lowest BCUT2D eigenvalue weighted by Crippen LogP contribution is -2.27. The number of hydrogen-bond donors (Lipinski definition) is 1. The van der Waals surface area contributed by atoms with Gasteiger partial charge in [-0.05, 0) is 42.8 Å². The van der Waals surface area contributed by atoms with Crippen molar-refractivity contribution >= 4 is 34.4 Å². The Labute approximate surface area is 196 Å². The maximum Gasteiger partial charge on any atom is 0.341 e. The summed E-state index contributed by atoms with van der Waals surface area (Å²) in [5.74, 6) is 0.229.